The highest BCUT2D eigenvalue weighted by molar-refractivity contribution is 7.99. The van der Waals surface area contributed by atoms with Gasteiger partial charge in [-0.15, -0.1) is 0 Å². The van der Waals surface area contributed by atoms with Crippen LogP contribution in [0.15, 0.2) is 6.07 Å². The van der Waals surface area contributed by atoms with E-state index in [0.717, 1.165) is 0 Å². The van der Waals surface area contributed by atoms with Gasteiger partial charge in [0.2, 0.25) is 5.91 Å². The third-order valence-electron chi connectivity index (χ3n) is 3.33. The van der Waals surface area contributed by atoms with Gasteiger partial charge >= 0.3 is 13.1 Å². The number of fused-ring (bicyclic) bond motifs is 1. The number of hydrogen-bond acceptors (Lipinski definition) is 5. The van der Waals surface area contributed by atoms with Gasteiger partial charge in [0.25, 0.3) is 0 Å². The summed E-state index contributed by atoms with van der Waals surface area (Å²) in [6.07, 6.45) is 1.94. The molecular weight excluding hydrogens is 312 g/mol. The number of thioether (sulfide) groups is 1. The Bertz CT molecular complexity index is 627. The summed E-state index contributed by atoms with van der Waals surface area (Å²) in [5.74, 6) is -3.27. The van der Waals surface area contributed by atoms with Crippen molar-refractivity contribution in [3.05, 3.63) is 28.6 Å². The molecule has 1 aliphatic heterocycles. The monoisotopic (exact) mass is 327 g/mol. The Morgan fingerprint density at radius 2 is 2.27 bits per heavy atom. The van der Waals surface area contributed by atoms with Crippen molar-refractivity contribution in [3.63, 3.8) is 0 Å². The maximum absolute atomic E-state index is 14.0. The Kier molecular flexibility index (Phi) is 4.97. The molecule has 0 aliphatic carbocycles. The van der Waals surface area contributed by atoms with E-state index in [4.69, 9.17) is 9.76 Å². The summed E-state index contributed by atoms with van der Waals surface area (Å²) in [4.78, 5) is 22.8. The minimum Gasteiger partial charge on any atom is -0.534 e. The number of nitrogens with one attached hydrogen (secondary N) is 1. The molecule has 6 nitrogen and oxygen atoms in total. The highest BCUT2D eigenvalue weighted by atomic mass is 32.2. The van der Waals surface area contributed by atoms with Crippen LogP contribution in [0.2, 0.25) is 0 Å². The molecule has 22 heavy (non-hydrogen) atoms. The summed E-state index contributed by atoms with van der Waals surface area (Å²) in [6.45, 7) is 1.45. The van der Waals surface area contributed by atoms with Crippen molar-refractivity contribution < 1.29 is 28.8 Å². The Labute approximate surface area is 131 Å². The fourth-order valence-corrected chi connectivity index (χ4v) is 2.71. The summed E-state index contributed by atoms with van der Waals surface area (Å²) in [7, 11) is -1.43. The molecule has 1 atom stereocenters. The van der Waals surface area contributed by atoms with E-state index in [1.807, 2.05) is 0 Å². The van der Waals surface area contributed by atoms with Gasteiger partial charge in [-0.3, -0.25) is 4.79 Å². The van der Waals surface area contributed by atoms with Crippen LogP contribution in [0.1, 0.15) is 21.5 Å². The van der Waals surface area contributed by atoms with E-state index in [-0.39, 0.29) is 29.4 Å². The zero-order valence-corrected chi connectivity index (χ0v) is 12.9. The zero-order valence-electron chi connectivity index (χ0n) is 12.1. The van der Waals surface area contributed by atoms with Gasteiger partial charge in [-0.1, -0.05) is 0 Å². The highest BCUT2D eigenvalue weighted by Gasteiger charge is 2.39. The van der Waals surface area contributed by atoms with Gasteiger partial charge in [-0.2, -0.15) is 11.8 Å². The minimum absolute atomic E-state index is 0.165. The number of carboxylic acid groups (broad SMARTS) is 1. The molecule has 9 heteroatoms. The van der Waals surface area contributed by atoms with Crippen molar-refractivity contribution in [1.29, 1.82) is 0 Å². The first-order valence-corrected chi connectivity index (χ1v) is 7.92. The first-order chi connectivity index (χ1) is 10.3. The van der Waals surface area contributed by atoms with Crippen LogP contribution in [0.25, 0.3) is 0 Å². The molecule has 0 saturated heterocycles. The molecule has 1 heterocycles. The first kappa shape index (κ1) is 16.6. The number of amides is 1. The molecule has 118 valence electrons. The third-order valence-corrected chi connectivity index (χ3v) is 3.88. The Balaban J connectivity index is 2.34. The summed E-state index contributed by atoms with van der Waals surface area (Å²) in [5.41, 5.74) is 0.0179. The maximum Gasteiger partial charge on any atom is 0.547 e. The molecule has 1 aromatic rings. The average molecular weight is 327 g/mol. The second-order valence-electron chi connectivity index (χ2n) is 5.00. The van der Waals surface area contributed by atoms with E-state index in [1.54, 1.807) is 6.26 Å². The molecule has 0 saturated carbocycles. The SMILES string of the molecule is CSCC(=O)N[C@H]1Cc2cc(C)c(F)c(C(=O)O)c2OB1O. The number of aromatic carboxylic acids is 1. The Hall–Kier alpha value is -1.74. The predicted molar refractivity (Wildman–Crippen MR) is 80.7 cm³/mol. The van der Waals surface area contributed by atoms with Gasteiger partial charge < -0.3 is 20.1 Å². The van der Waals surface area contributed by atoms with Crippen molar-refractivity contribution in [2.75, 3.05) is 12.0 Å². The van der Waals surface area contributed by atoms with Crippen LogP contribution in [-0.2, 0) is 11.2 Å². The minimum atomic E-state index is -1.46. The molecule has 1 amide bonds. The largest absolute Gasteiger partial charge is 0.547 e. The third kappa shape index (κ3) is 3.20. The van der Waals surface area contributed by atoms with E-state index in [9.17, 15) is 19.0 Å². The van der Waals surface area contributed by atoms with Crippen molar-refractivity contribution in [3.8, 4) is 5.75 Å². The number of carbonyl (C=O) groups is 2. The number of hydrogen-bond donors (Lipinski definition) is 3. The molecule has 1 aliphatic rings. The molecule has 0 aromatic heterocycles. The quantitative estimate of drug-likeness (QED) is 0.702. The van der Waals surface area contributed by atoms with E-state index < -0.39 is 30.4 Å². The smallest absolute Gasteiger partial charge is 0.534 e. The second-order valence-corrected chi connectivity index (χ2v) is 5.86. The lowest BCUT2D eigenvalue weighted by Crippen LogP contribution is -2.53. The lowest BCUT2D eigenvalue weighted by Gasteiger charge is -2.29. The summed E-state index contributed by atoms with van der Waals surface area (Å²) in [6, 6.07) is 1.47. The van der Waals surface area contributed by atoms with Gasteiger partial charge in [0.1, 0.15) is 17.1 Å². The first-order valence-electron chi connectivity index (χ1n) is 6.53. The number of aryl methyl sites for hydroxylation is 1. The van der Waals surface area contributed by atoms with Crippen LogP contribution in [0.5, 0.6) is 5.75 Å². The summed E-state index contributed by atoms with van der Waals surface area (Å²) < 4.78 is 19.1. The fraction of sp³-hybridized carbons (Fsp3) is 0.385. The van der Waals surface area contributed by atoms with Gasteiger partial charge in [-0.25, -0.2) is 9.18 Å². The van der Waals surface area contributed by atoms with Crippen LogP contribution in [0.4, 0.5) is 4.39 Å². The molecule has 3 N–H and O–H groups in total. The fourth-order valence-electron chi connectivity index (χ4n) is 2.37. The van der Waals surface area contributed by atoms with Crippen LogP contribution >= 0.6 is 11.8 Å². The zero-order chi connectivity index (χ0) is 16.4. The summed E-state index contributed by atoms with van der Waals surface area (Å²) in [5, 5.41) is 21.7. The molecule has 0 spiro atoms. The van der Waals surface area contributed by atoms with Crippen molar-refractivity contribution in [2.24, 2.45) is 0 Å². The molecule has 0 radical (unpaired) electrons. The predicted octanol–water partition coefficient (Wildman–Crippen LogP) is 0.635. The average Bonchev–Trinajstić information content (AvgIpc) is 2.42. The highest BCUT2D eigenvalue weighted by Crippen LogP contribution is 2.33. The van der Waals surface area contributed by atoms with E-state index in [2.05, 4.69) is 5.32 Å². The van der Waals surface area contributed by atoms with Crippen LogP contribution in [-0.4, -0.2) is 47.1 Å². The number of carboxylic acids is 1. The van der Waals surface area contributed by atoms with Gasteiger partial charge in [0, 0.05) is 0 Å². The van der Waals surface area contributed by atoms with E-state index in [1.165, 1.54) is 24.8 Å². The maximum atomic E-state index is 14.0. The molecule has 0 bridgehead atoms. The topological polar surface area (TPSA) is 95.9 Å². The number of benzene rings is 1. The standard InChI is InChI=1S/C13H15BFNO5S/c1-6-3-7-4-8(16-9(17)5-22-2)14(20)21-12(7)10(11(6)15)13(18)19/h3,8,20H,4-5H2,1-2H3,(H,16,17)(H,18,19)/t8-/m0/s1. The molecule has 1 aromatic carbocycles. The molecule has 0 unspecified atom stereocenters. The van der Waals surface area contributed by atoms with E-state index in [0.29, 0.717) is 5.56 Å². The lowest BCUT2D eigenvalue weighted by molar-refractivity contribution is -0.118. The van der Waals surface area contributed by atoms with Gasteiger partial charge in [0.05, 0.1) is 11.7 Å². The van der Waals surface area contributed by atoms with Crippen molar-refractivity contribution in [1.82, 2.24) is 5.32 Å². The van der Waals surface area contributed by atoms with Gasteiger partial charge in [-0.05, 0) is 36.8 Å². The Morgan fingerprint density at radius 1 is 1.59 bits per heavy atom. The normalized spacial score (nSPS) is 16.7. The van der Waals surface area contributed by atoms with Crippen molar-refractivity contribution in [2.45, 2.75) is 19.3 Å². The molecule has 0 fully saturated rings. The number of carbonyl (C=O) groups excluding carboxylic acids is 1. The number of rotatable bonds is 4. The molecular formula is C13H15BFNO5S. The van der Waals surface area contributed by atoms with Crippen LogP contribution < -0.4 is 9.97 Å². The number of halogens is 1. The van der Waals surface area contributed by atoms with Gasteiger partial charge in [0.15, 0.2) is 0 Å². The lowest BCUT2D eigenvalue weighted by atomic mass is 9.72. The van der Waals surface area contributed by atoms with Crippen LogP contribution in [0, 0.1) is 12.7 Å². The molecule has 2 rings (SSSR count). The van der Waals surface area contributed by atoms with E-state index >= 15 is 0 Å². The van der Waals surface area contributed by atoms with Crippen molar-refractivity contribution >= 4 is 30.8 Å². The second kappa shape index (κ2) is 6.57. The summed E-state index contributed by atoms with van der Waals surface area (Å²) >= 11 is 1.33. The van der Waals surface area contributed by atoms with Crippen LogP contribution in [0.3, 0.4) is 0 Å². The Morgan fingerprint density at radius 3 is 2.86 bits per heavy atom.